The van der Waals surface area contributed by atoms with Gasteiger partial charge in [0.15, 0.2) is 11.5 Å². The number of carbonyl (C=O) groups is 1. The number of amides is 1. The summed E-state index contributed by atoms with van der Waals surface area (Å²) in [5, 5.41) is 13.2. The second-order valence-electron chi connectivity index (χ2n) is 7.03. The molecule has 0 aliphatic carbocycles. The van der Waals surface area contributed by atoms with Crippen molar-refractivity contribution >= 4 is 16.8 Å². The molecule has 5 rings (SSSR count). The maximum atomic E-state index is 12.9. The first-order valence-electron chi connectivity index (χ1n) is 9.26. The number of likely N-dealkylation sites (tertiary alicyclic amines) is 1. The van der Waals surface area contributed by atoms with Gasteiger partial charge in [0.25, 0.3) is 11.8 Å². The number of hydrogen-bond acceptors (Lipinski definition) is 6. The number of nitrogens with zero attached hydrogens (tertiary/aromatic N) is 6. The third kappa shape index (κ3) is 2.94. The van der Waals surface area contributed by atoms with Crippen molar-refractivity contribution < 1.29 is 9.32 Å². The number of carbonyl (C=O) groups excluding carboxylic acids is 1. The number of aryl methyl sites for hydroxylation is 1. The highest BCUT2D eigenvalue weighted by atomic mass is 16.5. The molecular formula is C19H19N7O2. The number of H-pyrrole nitrogens is 1. The van der Waals surface area contributed by atoms with Crippen LogP contribution in [0.5, 0.6) is 0 Å². The molecule has 142 valence electrons. The summed E-state index contributed by atoms with van der Waals surface area (Å²) in [4.78, 5) is 22.1. The van der Waals surface area contributed by atoms with Crippen LogP contribution < -0.4 is 0 Å². The summed E-state index contributed by atoms with van der Waals surface area (Å²) >= 11 is 0. The number of nitrogens with one attached hydrogen (secondary N) is 1. The van der Waals surface area contributed by atoms with Crippen LogP contribution in [0.4, 0.5) is 0 Å². The van der Waals surface area contributed by atoms with Gasteiger partial charge in [-0.2, -0.15) is 4.98 Å². The molecule has 0 saturated carbocycles. The Labute approximate surface area is 160 Å². The van der Waals surface area contributed by atoms with Crippen molar-refractivity contribution in [2.45, 2.75) is 25.8 Å². The molecule has 1 aliphatic rings. The highest BCUT2D eigenvalue weighted by Crippen LogP contribution is 2.25. The summed E-state index contributed by atoms with van der Waals surface area (Å²) in [5.74, 6) is 1.01. The van der Waals surface area contributed by atoms with Crippen molar-refractivity contribution in [3.05, 3.63) is 48.0 Å². The predicted octanol–water partition coefficient (Wildman–Crippen LogP) is 2.60. The van der Waals surface area contributed by atoms with Crippen LogP contribution in [0.15, 0.2) is 41.2 Å². The van der Waals surface area contributed by atoms with Gasteiger partial charge in [-0.05, 0) is 44.0 Å². The van der Waals surface area contributed by atoms with Crippen molar-refractivity contribution in [2.24, 2.45) is 0 Å². The Hall–Kier alpha value is -3.49. The highest BCUT2D eigenvalue weighted by molar-refractivity contribution is 5.98. The van der Waals surface area contributed by atoms with Crippen LogP contribution in [-0.4, -0.2) is 54.0 Å². The van der Waals surface area contributed by atoms with Crippen LogP contribution >= 0.6 is 0 Å². The van der Waals surface area contributed by atoms with E-state index in [2.05, 4.69) is 25.4 Å². The van der Waals surface area contributed by atoms with Gasteiger partial charge in [0.2, 0.25) is 0 Å². The lowest BCUT2D eigenvalue weighted by molar-refractivity contribution is 0.0689. The zero-order valence-corrected chi connectivity index (χ0v) is 15.4. The Morgan fingerprint density at radius 1 is 1.25 bits per heavy atom. The van der Waals surface area contributed by atoms with Gasteiger partial charge >= 0.3 is 0 Å². The molecule has 0 spiro atoms. The minimum absolute atomic E-state index is 0.0714. The molecule has 0 bridgehead atoms. The van der Waals surface area contributed by atoms with E-state index >= 15 is 0 Å². The average molecular weight is 377 g/mol. The molecule has 9 heteroatoms. The summed E-state index contributed by atoms with van der Waals surface area (Å²) in [6.07, 6.45) is 5.36. The van der Waals surface area contributed by atoms with Crippen molar-refractivity contribution in [2.75, 3.05) is 13.1 Å². The van der Waals surface area contributed by atoms with Crippen LogP contribution in [0.1, 0.15) is 35.1 Å². The number of rotatable bonds is 3. The second-order valence-corrected chi connectivity index (χ2v) is 7.03. The van der Waals surface area contributed by atoms with Crippen molar-refractivity contribution in [3.63, 3.8) is 0 Å². The van der Waals surface area contributed by atoms with Gasteiger partial charge in [-0.3, -0.25) is 4.79 Å². The molecule has 1 N–H and O–H groups in total. The van der Waals surface area contributed by atoms with E-state index in [0.717, 1.165) is 29.3 Å². The molecular weight excluding hydrogens is 358 g/mol. The van der Waals surface area contributed by atoms with E-state index in [0.29, 0.717) is 30.5 Å². The molecule has 4 heterocycles. The first kappa shape index (κ1) is 16.7. The van der Waals surface area contributed by atoms with E-state index in [-0.39, 0.29) is 11.9 Å². The van der Waals surface area contributed by atoms with E-state index in [1.165, 1.54) is 0 Å². The van der Waals surface area contributed by atoms with Crippen molar-refractivity contribution in [3.8, 4) is 11.6 Å². The Kier molecular flexibility index (Phi) is 3.92. The second kappa shape index (κ2) is 6.59. The van der Waals surface area contributed by atoms with Crippen LogP contribution in [0.25, 0.3) is 22.5 Å². The molecule has 4 aromatic rings. The van der Waals surface area contributed by atoms with Gasteiger partial charge in [-0.15, -0.1) is 5.10 Å². The molecule has 9 nitrogen and oxygen atoms in total. The Morgan fingerprint density at radius 3 is 2.89 bits per heavy atom. The fraction of sp³-hybridized carbons (Fsp3) is 0.316. The molecule has 1 fully saturated rings. The van der Waals surface area contributed by atoms with E-state index in [1.807, 2.05) is 46.2 Å². The summed E-state index contributed by atoms with van der Waals surface area (Å²) in [6, 6.07) is 7.94. The summed E-state index contributed by atoms with van der Waals surface area (Å²) in [5.41, 5.74) is 2.33. The minimum Gasteiger partial charge on any atom is -0.361 e. The lowest BCUT2D eigenvalue weighted by Crippen LogP contribution is -2.39. The summed E-state index contributed by atoms with van der Waals surface area (Å²) in [6.45, 7) is 3.13. The lowest BCUT2D eigenvalue weighted by atomic mass is 10.0. The maximum absolute atomic E-state index is 12.9. The van der Waals surface area contributed by atoms with Gasteiger partial charge in [-0.25, -0.2) is 4.68 Å². The molecule has 1 aliphatic heterocycles. The Balaban J connectivity index is 1.26. The fourth-order valence-corrected chi connectivity index (χ4v) is 3.66. The van der Waals surface area contributed by atoms with E-state index in [9.17, 15) is 4.79 Å². The van der Waals surface area contributed by atoms with E-state index in [4.69, 9.17) is 4.52 Å². The zero-order valence-electron chi connectivity index (χ0n) is 15.4. The number of fused-ring (bicyclic) bond motifs is 1. The zero-order chi connectivity index (χ0) is 19.1. The molecule has 1 aromatic carbocycles. The first-order valence-corrected chi connectivity index (χ1v) is 9.26. The molecule has 0 radical (unpaired) electrons. The Morgan fingerprint density at radius 2 is 2.11 bits per heavy atom. The number of aromatic amines is 1. The van der Waals surface area contributed by atoms with Crippen LogP contribution in [0.2, 0.25) is 0 Å². The third-order valence-corrected chi connectivity index (χ3v) is 5.18. The number of piperidine rings is 1. The normalized spacial score (nSPS) is 15.4. The minimum atomic E-state index is 0.0714. The standard InChI is InChI=1S/C19H19N7O2/c1-12-21-18(28-23-12)17-11-26(24-22-17)15-5-8-25(9-6-15)19(27)14-2-3-16-13(10-14)4-7-20-16/h2-4,7,10-11,15,20H,5-6,8-9H2,1H3. The quantitative estimate of drug-likeness (QED) is 0.588. The van der Waals surface area contributed by atoms with Gasteiger partial charge in [0.1, 0.15) is 0 Å². The smallest absolute Gasteiger partial charge is 0.280 e. The average Bonchev–Trinajstić information content (AvgIpc) is 3.47. The largest absolute Gasteiger partial charge is 0.361 e. The van der Waals surface area contributed by atoms with Gasteiger partial charge in [-0.1, -0.05) is 10.4 Å². The Bertz CT molecular complexity index is 1130. The van der Waals surface area contributed by atoms with Crippen molar-refractivity contribution in [1.82, 2.24) is 35.0 Å². The SMILES string of the molecule is Cc1noc(-c2cn(C3CCN(C(=O)c4ccc5[nH]ccc5c4)CC3)nn2)n1. The highest BCUT2D eigenvalue weighted by Gasteiger charge is 2.26. The van der Waals surface area contributed by atoms with E-state index in [1.54, 1.807) is 6.92 Å². The van der Waals surface area contributed by atoms with Gasteiger partial charge in [0, 0.05) is 35.8 Å². The molecule has 28 heavy (non-hydrogen) atoms. The van der Waals surface area contributed by atoms with Crippen molar-refractivity contribution in [1.29, 1.82) is 0 Å². The molecule has 3 aromatic heterocycles. The van der Waals surface area contributed by atoms with Gasteiger partial charge in [0.05, 0.1) is 12.2 Å². The number of benzene rings is 1. The summed E-state index contributed by atoms with van der Waals surface area (Å²) < 4.78 is 6.98. The fourth-order valence-electron chi connectivity index (χ4n) is 3.66. The van der Waals surface area contributed by atoms with Crippen LogP contribution in [0, 0.1) is 6.92 Å². The number of hydrogen-bond donors (Lipinski definition) is 1. The van der Waals surface area contributed by atoms with Gasteiger partial charge < -0.3 is 14.4 Å². The monoisotopic (exact) mass is 377 g/mol. The lowest BCUT2D eigenvalue weighted by Gasteiger charge is -2.31. The van der Waals surface area contributed by atoms with E-state index < -0.39 is 0 Å². The predicted molar refractivity (Wildman–Crippen MR) is 101 cm³/mol. The summed E-state index contributed by atoms with van der Waals surface area (Å²) in [7, 11) is 0. The van der Waals surface area contributed by atoms with Crippen LogP contribution in [0.3, 0.4) is 0 Å². The molecule has 0 atom stereocenters. The molecule has 1 saturated heterocycles. The molecule has 0 unspecified atom stereocenters. The third-order valence-electron chi connectivity index (χ3n) is 5.18. The topological polar surface area (TPSA) is 106 Å². The molecule has 1 amide bonds. The first-order chi connectivity index (χ1) is 13.7. The number of aromatic nitrogens is 6. The van der Waals surface area contributed by atoms with Crippen LogP contribution in [-0.2, 0) is 0 Å². The maximum Gasteiger partial charge on any atom is 0.280 e.